The maximum Gasteiger partial charge on any atom is 0.0462 e. The Kier molecular flexibility index (Phi) is 7.72. The molecule has 0 saturated heterocycles. The lowest BCUT2D eigenvalue weighted by atomic mass is 9.84. The lowest BCUT2D eigenvalue weighted by Crippen LogP contribution is -2.26. The van der Waals surface area contributed by atoms with Gasteiger partial charge in [0.2, 0.25) is 0 Å². The fraction of sp³-hybridized carbons (Fsp3) is 1.00. The summed E-state index contributed by atoms with van der Waals surface area (Å²) in [6, 6.07) is 0.490. The summed E-state index contributed by atoms with van der Waals surface area (Å²) in [7, 11) is 1.77. The maximum absolute atomic E-state index is 5.83. The van der Waals surface area contributed by atoms with Gasteiger partial charge in [-0.1, -0.05) is 0 Å². The summed E-state index contributed by atoms with van der Waals surface area (Å²) >= 11 is 0. The van der Waals surface area contributed by atoms with Crippen molar-refractivity contribution in [2.24, 2.45) is 11.7 Å². The Morgan fingerprint density at radius 3 is 2.38 bits per heavy atom. The molecule has 3 heteroatoms. The second-order valence-corrected chi connectivity index (χ2v) is 3.92. The first kappa shape index (κ1) is 13.2. The van der Waals surface area contributed by atoms with Crippen LogP contribution in [0.4, 0.5) is 0 Å². The van der Waals surface area contributed by atoms with Gasteiger partial charge in [0.15, 0.2) is 0 Å². The van der Waals surface area contributed by atoms with Gasteiger partial charge >= 0.3 is 0 Å². The van der Waals surface area contributed by atoms with E-state index in [4.69, 9.17) is 10.5 Å². The molecule has 1 saturated carbocycles. The highest BCUT2D eigenvalue weighted by Gasteiger charge is 2.17. The summed E-state index contributed by atoms with van der Waals surface area (Å²) in [6.45, 7) is 0.919. The topological polar surface area (TPSA) is 35.2 Å². The Hall–Kier alpha value is 0.210. The van der Waals surface area contributed by atoms with Gasteiger partial charge in [-0.2, -0.15) is 0 Å². The molecule has 1 aliphatic rings. The molecular formula is C10H22ClNO. The van der Waals surface area contributed by atoms with Crippen LogP contribution in [0.3, 0.4) is 0 Å². The zero-order valence-electron chi connectivity index (χ0n) is 8.50. The van der Waals surface area contributed by atoms with E-state index in [0.29, 0.717) is 6.04 Å². The zero-order valence-corrected chi connectivity index (χ0v) is 9.31. The molecule has 0 unspecified atom stereocenters. The molecule has 0 heterocycles. The van der Waals surface area contributed by atoms with Crippen molar-refractivity contribution in [3.8, 4) is 0 Å². The summed E-state index contributed by atoms with van der Waals surface area (Å²) in [5.74, 6) is 0.931. The molecule has 0 aromatic carbocycles. The average Bonchev–Trinajstić information content (AvgIpc) is 2.09. The van der Waals surface area contributed by atoms with Crippen LogP contribution < -0.4 is 5.73 Å². The van der Waals surface area contributed by atoms with Crippen LogP contribution in [0.5, 0.6) is 0 Å². The number of hydrogen-bond acceptors (Lipinski definition) is 2. The van der Waals surface area contributed by atoms with E-state index in [1.165, 1.54) is 38.5 Å². The van der Waals surface area contributed by atoms with Crippen LogP contribution in [0.1, 0.15) is 38.5 Å². The molecule has 0 aliphatic heterocycles. The highest BCUT2D eigenvalue weighted by molar-refractivity contribution is 5.85. The minimum Gasteiger partial charge on any atom is -0.385 e. The third kappa shape index (κ3) is 5.50. The monoisotopic (exact) mass is 207 g/mol. The van der Waals surface area contributed by atoms with E-state index in [9.17, 15) is 0 Å². The number of hydrogen-bond donors (Lipinski definition) is 1. The second-order valence-electron chi connectivity index (χ2n) is 3.92. The minimum atomic E-state index is 0. The zero-order chi connectivity index (χ0) is 8.81. The third-order valence-electron chi connectivity index (χ3n) is 2.85. The van der Waals surface area contributed by atoms with Crippen molar-refractivity contribution in [3.05, 3.63) is 0 Å². The highest BCUT2D eigenvalue weighted by atomic mass is 35.5. The second kappa shape index (κ2) is 7.60. The van der Waals surface area contributed by atoms with Crippen LogP contribution in [0.15, 0.2) is 0 Å². The van der Waals surface area contributed by atoms with Crippen molar-refractivity contribution >= 4 is 12.4 Å². The summed E-state index contributed by atoms with van der Waals surface area (Å²) < 4.78 is 5.03. The Morgan fingerprint density at radius 2 is 1.85 bits per heavy atom. The van der Waals surface area contributed by atoms with Crippen molar-refractivity contribution in [1.29, 1.82) is 0 Å². The molecule has 0 atom stereocenters. The predicted octanol–water partition coefficient (Wildman–Crippen LogP) is 2.35. The quantitative estimate of drug-likeness (QED) is 0.719. The number of nitrogens with two attached hydrogens (primary N) is 1. The molecule has 1 rings (SSSR count). The van der Waals surface area contributed by atoms with E-state index >= 15 is 0 Å². The van der Waals surface area contributed by atoms with Gasteiger partial charge in [-0.3, -0.25) is 0 Å². The molecule has 1 aliphatic carbocycles. The van der Waals surface area contributed by atoms with Crippen molar-refractivity contribution in [1.82, 2.24) is 0 Å². The van der Waals surface area contributed by atoms with Crippen LogP contribution in [0, 0.1) is 5.92 Å². The summed E-state index contributed by atoms with van der Waals surface area (Å²) in [4.78, 5) is 0. The molecule has 80 valence electrons. The first-order valence-electron chi connectivity index (χ1n) is 5.07. The fourth-order valence-corrected chi connectivity index (χ4v) is 1.99. The van der Waals surface area contributed by atoms with E-state index in [1.807, 2.05) is 0 Å². The Bertz CT molecular complexity index is 113. The smallest absolute Gasteiger partial charge is 0.0462 e. The minimum absolute atomic E-state index is 0. The van der Waals surface area contributed by atoms with Gasteiger partial charge in [0.25, 0.3) is 0 Å². The van der Waals surface area contributed by atoms with Gasteiger partial charge in [-0.25, -0.2) is 0 Å². The summed E-state index contributed by atoms with van der Waals surface area (Å²) in [5, 5.41) is 0. The first-order chi connectivity index (χ1) is 5.83. The molecule has 0 aromatic heterocycles. The van der Waals surface area contributed by atoms with Gasteiger partial charge < -0.3 is 10.5 Å². The Labute approximate surface area is 87.6 Å². The normalized spacial score (nSPS) is 28.2. The molecule has 2 nitrogen and oxygen atoms in total. The van der Waals surface area contributed by atoms with Crippen molar-refractivity contribution in [2.75, 3.05) is 13.7 Å². The van der Waals surface area contributed by atoms with Crippen molar-refractivity contribution in [2.45, 2.75) is 44.6 Å². The lowest BCUT2D eigenvalue weighted by Gasteiger charge is -2.25. The van der Waals surface area contributed by atoms with Crippen LogP contribution in [0.25, 0.3) is 0 Å². The molecule has 0 aromatic rings. The number of methoxy groups -OCH3 is 1. The first-order valence-corrected chi connectivity index (χ1v) is 5.07. The standard InChI is InChI=1S/C10H21NO.ClH/c1-12-8-2-3-9-4-6-10(11)7-5-9;/h9-10H,2-8,11H2,1H3;1H. The van der Waals surface area contributed by atoms with Gasteiger partial charge in [0.1, 0.15) is 0 Å². The molecule has 13 heavy (non-hydrogen) atoms. The summed E-state index contributed by atoms with van der Waals surface area (Å²) in [5.41, 5.74) is 5.83. The number of halogens is 1. The van der Waals surface area contributed by atoms with Gasteiger partial charge in [0.05, 0.1) is 0 Å². The third-order valence-corrected chi connectivity index (χ3v) is 2.85. The van der Waals surface area contributed by atoms with Gasteiger partial charge in [-0.05, 0) is 44.4 Å². The van der Waals surface area contributed by atoms with E-state index in [2.05, 4.69) is 0 Å². The number of rotatable bonds is 4. The molecule has 0 radical (unpaired) electrons. The molecular weight excluding hydrogens is 186 g/mol. The number of ether oxygens (including phenoxy) is 1. The van der Waals surface area contributed by atoms with Gasteiger partial charge in [0, 0.05) is 19.8 Å². The largest absolute Gasteiger partial charge is 0.385 e. The molecule has 0 amide bonds. The van der Waals surface area contributed by atoms with E-state index in [1.54, 1.807) is 7.11 Å². The van der Waals surface area contributed by atoms with Gasteiger partial charge in [-0.15, -0.1) is 12.4 Å². The van der Waals surface area contributed by atoms with Crippen LogP contribution >= 0.6 is 12.4 Å². The predicted molar refractivity (Wildman–Crippen MR) is 58.3 cm³/mol. The van der Waals surface area contributed by atoms with E-state index < -0.39 is 0 Å². The maximum atomic E-state index is 5.83. The van der Waals surface area contributed by atoms with E-state index in [-0.39, 0.29) is 12.4 Å². The van der Waals surface area contributed by atoms with E-state index in [0.717, 1.165) is 12.5 Å². The fourth-order valence-electron chi connectivity index (χ4n) is 1.99. The lowest BCUT2D eigenvalue weighted by molar-refractivity contribution is 0.180. The van der Waals surface area contributed by atoms with Crippen LogP contribution in [-0.4, -0.2) is 19.8 Å². The molecule has 2 N–H and O–H groups in total. The SMILES string of the molecule is COCCCC1CCC(N)CC1.Cl. The Morgan fingerprint density at radius 1 is 1.23 bits per heavy atom. The summed E-state index contributed by atoms with van der Waals surface area (Å²) in [6.07, 6.45) is 7.70. The molecule has 0 spiro atoms. The molecule has 1 fully saturated rings. The Balaban J connectivity index is 0.00000144. The van der Waals surface area contributed by atoms with Crippen LogP contribution in [0.2, 0.25) is 0 Å². The van der Waals surface area contributed by atoms with Crippen molar-refractivity contribution in [3.63, 3.8) is 0 Å². The van der Waals surface area contributed by atoms with Crippen molar-refractivity contribution < 1.29 is 4.74 Å². The highest BCUT2D eigenvalue weighted by Crippen LogP contribution is 2.26. The average molecular weight is 208 g/mol. The molecule has 0 bridgehead atoms. The van der Waals surface area contributed by atoms with Crippen LogP contribution in [-0.2, 0) is 4.74 Å².